The van der Waals surface area contributed by atoms with E-state index >= 15 is 0 Å². The van der Waals surface area contributed by atoms with E-state index in [1.807, 2.05) is 37.3 Å². The van der Waals surface area contributed by atoms with Gasteiger partial charge in [-0.2, -0.15) is 0 Å². The van der Waals surface area contributed by atoms with Gasteiger partial charge in [-0.05, 0) is 48.9 Å². The molecule has 2 heterocycles. The predicted molar refractivity (Wildman–Crippen MR) is 124 cm³/mol. The van der Waals surface area contributed by atoms with E-state index < -0.39 is 0 Å². The molecule has 31 heavy (non-hydrogen) atoms. The van der Waals surface area contributed by atoms with Crippen LogP contribution in [0.5, 0.6) is 11.5 Å². The van der Waals surface area contributed by atoms with Gasteiger partial charge in [0.2, 0.25) is 0 Å². The van der Waals surface area contributed by atoms with Crippen molar-refractivity contribution in [3.05, 3.63) is 76.6 Å². The Morgan fingerprint density at radius 1 is 1.10 bits per heavy atom. The third-order valence-electron chi connectivity index (χ3n) is 4.86. The predicted octanol–water partition coefficient (Wildman–Crippen LogP) is 5.52. The molecule has 0 aliphatic rings. The van der Waals surface area contributed by atoms with E-state index in [0.29, 0.717) is 27.2 Å². The van der Waals surface area contributed by atoms with Crippen molar-refractivity contribution in [2.75, 3.05) is 19.1 Å². The lowest BCUT2D eigenvalue weighted by atomic mass is 10.1. The van der Waals surface area contributed by atoms with Crippen LogP contribution in [-0.2, 0) is 6.54 Å². The van der Waals surface area contributed by atoms with Gasteiger partial charge in [0.1, 0.15) is 11.5 Å². The number of pyridine rings is 1. The number of aryl methyl sites for hydroxylation is 1. The number of rotatable bonds is 6. The third-order valence-corrected chi connectivity index (χ3v) is 6.31. The molecule has 0 N–H and O–H groups in total. The van der Waals surface area contributed by atoms with Gasteiger partial charge in [0, 0.05) is 22.8 Å². The Balaban J connectivity index is 1.82. The Morgan fingerprint density at radius 3 is 2.48 bits per heavy atom. The van der Waals surface area contributed by atoms with Crippen molar-refractivity contribution in [1.29, 1.82) is 0 Å². The highest BCUT2D eigenvalue weighted by Gasteiger charge is 2.24. The third kappa shape index (κ3) is 4.33. The molecule has 4 aromatic rings. The SMILES string of the molecule is COc1cc(OC)cc(C(=O)N(Cc2ccccn2)c2nc3c(C)c(Cl)ccc3s2)c1. The highest BCUT2D eigenvalue weighted by Crippen LogP contribution is 2.35. The average Bonchev–Trinajstić information content (AvgIpc) is 3.24. The lowest BCUT2D eigenvalue weighted by Gasteiger charge is -2.20. The highest BCUT2D eigenvalue weighted by atomic mass is 35.5. The van der Waals surface area contributed by atoms with Crippen LogP contribution < -0.4 is 14.4 Å². The Labute approximate surface area is 189 Å². The Bertz CT molecular complexity index is 1220. The fourth-order valence-electron chi connectivity index (χ4n) is 3.17. The van der Waals surface area contributed by atoms with Crippen LogP contribution >= 0.6 is 22.9 Å². The summed E-state index contributed by atoms with van der Waals surface area (Å²) in [4.78, 5) is 24.4. The molecule has 0 aliphatic carbocycles. The van der Waals surface area contributed by atoms with Crippen LogP contribution in [0.1, 0.15) is 21.6 Å². The molecular formula is C23H20ClN3O3S. The van der Waals surface area contributed by atoms with Crippen molar-refractivity contribution in [3.63, 3.8) is 0 Å². The van der Waals surface area contributed by atoms with Crippen LogP contribution in [0.15, 0.2) is 54.7 Å². The molecule has 0 aliphatic heterocycles. The summed E-state index contributed by atoms with van der Waals surface area (Å²) in [6.45, 7) is 2.19. The van der Waals surface area contributed by atoms with Crippen molar-refractivity contribution >= 4 is 44.2 Å². The Morgan fingerprint density at radius 2 is 1.84 bits per heavy atom. The quantitative estimate of drug-likeness (QED) is 0.384. The number of carbonyl (C=O) groups excluding carboxylic acids is 1. The maximum Gasteiger partial charge on any atom is 0.260 e. The molecule has 158 valence electrons. The molecule has 2 aromatic heterocycles. The summed E-state index contributed by atoms with van der Waals surface area (Å²) in [5, 5.41) is 1.21. The molecule has 0 saturated heterocycles. The molecule has 6 nitrogen and oxygen atoms in total. The first kappa shape index (κ1) is 21.1. The zero-order valence-corrected chi connectivity index (χ0v) is 18.8. The average molecular weight is 454 g/mol. The molecule has 8 heteroatoms. The lowest BCUT2D eigenvalue weighted by molar-refractivity contribution is 0.0984. The lowest BCUT2D eigenvalue weighted by Crippen LogP contribution is -2.30. The number of methoxy groups -OCH3 is 2. The van der Waals surface area contributed by atoms with Crippen molar-refractivity contribution in [1.82, 2.24) is 9.97 Å². The molecule has 0 unspecified atom stereocenters. The summed E-state index contributed by atoms with van der Waals surface area (Å²) in [6.07, 6.45) is 1.70. The van der Waals surface area contributed by atoms with Crippen molar-refractivity contribution < 1.29 is 14.3 Å². The Hall–Kier alpha value is -3.16. The normalized spacial score (nSPS) is 10.8. The molecule has 4 rings (SSSR count). The van der Waals surface area contributed by atoms with Crippen LogP contribution in [0.25, 0.3) is 10.2 Å². The van der Waals surface area contributed by atoms with Gasteiger partial charge >= 0.3 is 0 Å². The van der Waals surface area contributed by atoms with Gasteiger partial charge in [-0.25, -0.2) is 4.98 Å². The van der Waals surface area contributed by atoms with Crippen LogP contribution in [0.4, 0.5) is 5.13 Å². The maximum absolute atomic E-state index is 13.6. The van der Waals surface area contributed by atoms with E-state index in [4.69, 9.17) is 26.1 Å². The number of hydrogen-bond acceptors (Lipinski definition) is 6. The summed E-state index contributed by atoms with van der Waals surface area (Å²) < 4.78 is 11.6. The second kappa shape index (κ2) is 8.91. The monoisotopic (exact) mass is 453 g/mol. The van der Waals surface area contributed by atoms with E-state index in [9.17, 15) is 4.79 Å². The number of benzene rings is 2. The number of nitrogens with zero attached hydrogens (tertiary/aromatic N) is 3. The second-order valence-electron chi connectivity index (χ2n) is 6.83. The molecule has 0 spiro atoms. The number of fused-ring (bicyclic) bond motifs is 1. The van der Waals surface area contributed by atoms with E-state index in [1.165, 1.54) is 11.3 Å². The Kier molecular flexibility index (Phi) is 6.06. The summed E-state index contributed by atoms with van der Waals surface area (Å²) >= 11 is 7.71. The molecule has 0 radical (unpaired) electrons. The standard InChI is InChI=1S/C23H20ClN3O3S/c1-14-19(24)7-8-20-21(14)26-23(31-20)27(13-16-6-4-5-9-25-16)22(28)15-10-17(29-2)12-18(11-15)30-3/h4-12H,13H2,1-3H3. The van der Waals surface area contributed by atoms with Crippen molar-refractivity contribution in [3.8, 4) is 11.5 Å². The minimum Gasteiger partial charge on any atom is -0.497 e. The summed E-state index contributed by atoms with van der Waals surface area (Å²) in [6, 6.07) is 14.5. The molecule has 1 amide bonds. The van der Waals surface area contributed by atoms with Gasteiger partial charge in [-0.3, -0.25) is 14.7 Å². The molecule has 0 fully saturated rings. The van der Waals surface area contributed by atoms with Gasteiger partial charge in [0.15, 0.2) is 5.13 Å². The number of halogens is 1. The minimum absolute atomic E-state index is 0.231. The summed E-state index contributed by atoms with van der Waals surface area (Å²) in [5.74, 6) is 0.838. The first-order chi connectivity index (χ1) is 15.0. The molecule has 2 aromatic carbocycles. The largest absolute Gasteiger partial charge is 0.497 e. The van der Waals surface area contributed by atoms with Gasteiger partial charge in [-0.15, -0.1) is 0 Å². The molecule has 0 saturated carbocycles. The second-order valence-corrected chi connectivity index (χ2v) is 8.25. The van der Waals surface area contributed by atoms with Crippen molar-refractivity contribution in [2.45, 2.75) is 13.5 Å². The summed E-state index contributed by atoms with van der Waals surface area (Å²) in [7, 11) is 3.10. The topological polar surface area (TPSA) is 64.6 Å². The number of aromatic nitrogens is 2. The number of ether oxygens (including phenoxy) is 2. The maximum atomic E-state index is 13.6. The highest BCUT2D eigenvalue weighted by molar-refractivity contribution is 7.22. The number of anilines is 1. The van der Waals surface area contributed by atoms with E-state index in [-0.39, 0.29) is 12.5 Å². The van der Waals surface area contributed by atoms with Crippen molar-refractivity contribution in [2.24, 2.45) is 0 Å². The fraction of sp³-hybridized carbons (Fsp3) is 0.174. The van der Waals surface area contributed by atoms with E-state index in [0.717, 1.165) is 21.5 Å². The zero-order chi connectivity index (χ0) is 22.0. The molecular weight excluding hydrogens is 434 g/mol. The van der Waals surface area contributed by atoms with E-state index in [1.54, 1.807) is 43.5 Å². The number of hydrogen-bond donors (Lipinski definition) is 0. The number of carbonyl (C=O) groups is 1. The zero-order valence-electron chi connectivity index (χ0n) is 17.3. The van der Waals surface area contributed by atoms with Crippen LogP contribution in [0, 0.1) is 6.92 Å². The summed E-state index contributed by atoms with van der Waals surface area (Å²) in [5.41, 5.74) is 2.85. The van der Waals surface area contributed by atoms with Crippen LogP contribution in [0.2, 0.25) is 5.02 Å². The minimum atomic E-state index is -0.231. The smallest absolute Gasteiger partial charge is 0.260 e. The van der Waals surface area contributed by atoms with E-state index in [2.05, 4.69) is 4.98 Å². The first-order valence-electron chi connectivity index (χ1n) is 9.50. The van der Waals surface area contributed by atoms with Gasteiger partial charge in [0.05, 0.1) is 36.7 Å². The molecule has 0 atom stereocenters. The fourth-order valence-corrected chi connectivity index (χ4v) is 4.35. The number of thiazole rings is 1. The van der Waals surface area contributed by atoms with Gasteiger partial charge in [-0.1, -0.05) is 29.0 Å². The van der Waals surface area contributed by atoms with Crippen LogP contribution in [0.3, 0.4) is 0 Å². The first-order valence-corrected chi connectivity index (χ1v) is 10.7. The van der Waals surface area contributed by atoms with Gasteiger partial charge < -0.3 is 9.47 Å². The molecule has 0 bridgehead atoms. The van der Waals surface area contributed by atoms with Crippen LogP contribution in [-0.4, -0.2) is 30.1 Å². The number of amides is 1. The van der Waals surface area contributed by atoms with Gasteiger partial charge in [0.25, 0.3) is 5.91 Å².